The van der Waals surface area contributed by atoms with Crippen molar-refractivity contribution in [2.45, 2.75) is 0 Å². The number of carbonyl (C=O) groups excluding carboxylic acids is 1. The lowest BCUT2D eigenvalue weighted by molar-refractivity contribution is -0.384. The van der Waals surface area contributed by atoms with Crippen LogP contribution in [-0.2, 0) is 0 Å². The highest BCUT2D eigenvalue weighted by Gasteiger charge is 2.18. The van der Waals surface area contributed by atoms with E-state index in [-0.39, 0.29) is 22.5 Å². The molecule has 0 aliphatic heterocycles. The molecule has 0 aliphatic carbocycles. The van der Waals surface area contributed by atoms with Crippen molar-refractivity contribution >= 4 is 28.2 Å². The normalized spacial score (nSPS) is 10.7. The molecular weight excluding hydrogens is 310 g/mol. The number of fused-ring (bicyclic) bond motifs is 1. The van der Waals surface area contributed by atoms with Gasteiger partial charge in [-0.05, 0) is 18.2 Å². The Kier molecular flexibility index (Phi) is 3.45. The quantitative estimate of drug-likeness (QED) is 0.572. The van der Waals surface area contributed by atoms with Gasteiger partial charge in [0.05, 0.1) is 16.1 Å². The highest BCUT2D eigenvalue weighted by molar-refractivity contribution is 6.11. The number of benzene rings is 2. The van der Waals surface area contributed by atoms with Gasteiger partial charge in [0.2, 0.25) is 0 Å². The van der Waals surface area contributed by atoms with Crippen molar-refractivity contribution in [3.63, 3.8) is 0 Å². The number of rotatable bonds is 3. The second-order valence-electron chi connectivity index (χ2n) is 4.64. The number of anilines is 1. The first-order chi connectivity index (χ1) is 11.0. The zero-order valence-corrected chi connectivity index (χ0v) is 11.3. The Hall–Kier alpha value is -3.36. The molecular formula is C14H8F2N4O3. The fourth-order valence-electron chi connectivity index (χ4n) is 2.06. The predicted molar refractivity (Wildman–Crippen MR) is 77.1 cm³/mol. The molecule has 1 heterocycles. The van der Waals surface area contributed by atoms with E-state index in [1.165, 1.54) is 18.2 Å². The minimum Gasteiger partial charge on any atom is -0.318 e. The number of nitrogens with zero attached hydrogens (tertiary/aromatic N) is 2. The molecule has 0 fully saturated rings. The smallest absolute Gasteiger partial charge is 0.276 e. The molecule has 7 nitrogen and oxygen atoms in total. The third kappa shape index (κ3) is 2.71. The lowest BCUT2D eigenvalue weighted by atomic mass is 10.2. The molecule has 0 unspecified atom stereocenters. The van der Waals surface area contributed by atoms with Crippen molar-refractivity contribution < 1.29 is 18.5 Å². The Balaban J connectivity index is 1.97. The molecule has 23 heavy (non-hydrogen) atoms. The van der Waals surface area contributed by atoms with Crippen molar-refractivity contribution in [1.82, 2.24) is 10.2 Å². The third-order valence-corrected chi connectivity index (χ3v) is 3.15. The van der Waals surface area contributed by atoms with E-state index >= 15 is 0 Å². The van der Waals surface area contributed by atoms with Crippen molar-refractivity contribution in [2.75, 3.05) is 5.32 Å². The summed E-state index contributed by atoms with van der Waals surface area (Å²) < 4.78 is 26.4. The fraction of sp³-hybridized carbons (Fsp3) is 0. The van der Waals surface area contributed by atoms with E-state index in [1.807, 2.05) is 0 Å². The second-order valence-corrected chi connectivity index (χ2v) is 4.64. The van der Waals surface area contributed by atoms with Crippen molar-refractivity contribution in [2.24, 2.45) is 0 Å². The average molecular weight is 318 g/mol. The monoisotopic (exact) mass is 318 g/mol. The van der Waals surface area contributed by atoms with Gasteiger partial charge in [-0.2, -0.15) is 5.10 Å². The molecule has 0 saturated carbocycles. The maximum Gasteiger partial charge on any atom is 0.276 e. The molecule has 0 spiro atoms. The van der Waals surface area contributed by atoms with Gasteiger partial charge in [-0.15, -0.1) is 0 Å². The summed E-state index contributed by atoms with van der Waals surface area (Å²) in [4.78, 5) is 22.4. The van der Waals surface area contributed by atoms with Gasteiger partial charge in [0, 0.05) is 23.6 Å². The third-order valence-electron chi connectivity index (χ3n) is 3.15. The Bertz CT molecular complexity index is 939. The van der Waals surface area contributed by atoms with Gasteiger partial charge in [-0.1, -0.05) is 0 Å². The number of non-ortho nitro benzene ring substituents is 1. The number of carbonyl (C=O) groups is 1. The van der Waals surface area contributed by atoms with E-state index in [9.17, 15) is 23.7 Å². The number of nitro benzene ring substituents is 1. The summed E-state index contributed by atoms with van der Waals surface area (Å²) in [5.41, 5.74) is -0.147. The van der Waals surface area contributed by atoms with Crippen LogP contribution in [0.3, 0.4) is 0 Å². The van der Waals surface area contributed by atoms with Crippen LogP contribution in [0.1, 0.15) is 10.5 Å². The summed E-state index contributed by atoms with van der Waals surface area (Å²) in [6.07, 6.45) is 0. The van der Waals surface area contributed by atoms with Crippen molar-refractivity contribution in [3.05, 3.63) is 63.8 Å². The molecule has 2 aromatic carbocycles. The van der Waals surface area contributed by atoms with Crippen molar-refractivity contribution in [3.8, 4) is 0 Å². The topological polar surface area (TPSA) is 101 Å². The summed E-state index contributed by atoms with van der Waals surface area (Å²) in [7, 11) is 0. The number of H-pyrrole nitrogens is 1. The molecule has 3 aromatic rings. The minimum atomic E-state index is -0.941. The average Bonchev–Trinajstić information content (AvgIpc) is 2.93. The van der Waals surface area contributed by atoms with Gasteiger partial charge in [0.15, 0.2) is 5.69 Å². The van der Waals surface area contributed by atoms with Gasteiger partial charge in [-0.25, -0.2) is 8.78 Å². The lowest BCUT2D eigenvalue weighted by Crippen LogP contribution is -2.14. The summed E-state index contributed by atoms with van der Waals surface area (Å²) in [6.45, 7) is 0. The molecule has 1 aromatic heterocycles. The molecule has 3 rings (SSSR count). The number of hydrogen-bond donors (Lipinski definition) is 2. The Morgan fingerprint density at radius 1 is 1.22 bits per heavy atom. The van der Waals surface area contributed by atoms with E-state index in [0.717, 1.165) is 12.1 Å². The van der Waals surface area contributed by atoms with Crippen LogP contribution in [0.2, 0.25) is 0 Å². The van der Waals surface area contributed by atoms with Crippen LogP contribution in [0.25, 0.3) is 10.9 Å². The Labute approximate surface area is 127 Å². The van der Waals surface area contributed by atoms with Crippen LogP contribution in [-0.4, -0.2) is 21.0 Å². The van der Waals surface area contributed by atoms with Crippen molar-refractivity contribution in [1.29, 1.82) is 0 Å². The lowest BCUT2D eigenvalue weighted by Gasteiger charge is -2.04. The zero-order valence-electron chi connectivity index (χ0n) is 11.3. The zero-order chi connectivity index (χ0) is 16.6. The summed E-state index contributed by atoms with van der Waals surface area (Å²) >= 11 is 0. The van der Waals surface area contributed by atoms with Gasteiger partial charge < -0.3 is 5.32 Å². The van der Waals surface area contributed by atoms with Crippen LogP contribution in [0.5, 0.6) is 0 Å². The van der Waals surface area contributed by atoms with Gasteiger partial charge in [0.25, 0.3) is 11.6 Å². The molecule has 0 radical (unpaired) electrons. The molecule has 0 bridgehead atoms. The van der Waals surface area contributed by atoms with E-state index in [1.54, 1.807) is 0 Å². The van der Waals surface area contributed by atoms with E-state index in [4.69, 9.17) is 0 Å². The number of nitro groups is 1. The van der Waals surface area contributed by atoms with Crippen LogP contribution in [0.4, 0.5) is 20.2 Å². The van der Waals surface area contributed by atoms with Gasteiger partial charge in [-0.3, -0.25) is 20.0 Å². The first kappa shape index (κ1) is 14.6. The second kappa shape index (κ2) is 5.44. The number of aromatic amines is 1. The highest BCUT2D eigenvalue weighted by atomic mass is 19.1. The summed E-state index contributed by atoms with van der Waals surface area (Å²) in [6, 6.07) is 6.56. The molecule has 0 atom stereocenters. The standard InChI is InChI=1S/C14H8F2N4O3/c15-7-1-3-12(10(16)5-7)17-14(21)13-9-6-8(20(22)23)2-4-11(9)18-19-13/h1-6H,(H,17,21)(H,18,19). The van der Waals surface area contributed by atoms with E-state index in [0.29, 0.717) is 11.6 Å². The molecule has 1 amide bonds. The molecule has 0 saturated heterocycles. The number of nitrogens with one attached hydrogen (secondary N) is 2. The number of hydrogen-bond acceptors (Lipinski definition) is 4. The maximum absolute atomic E-state index is 13.6. The first-order valence-corrected chi connectivity index (χ1v) is 6.34. The maximum atomic E-state index is 13.6. The Morgan fingerprint density at radius 2 is 2.00 bits per heavy atom. The first-order valence-electron chi connectivity index (χ1n) is 6.34. The Morgan fingerprint density at radius 3 is 2.70 bits per heavy atom. The number of halogens is 2. The van der Waals surface area contributed by atoms with Crippen LogP contribution in [0, 0.1) is 21.7 Å². The van der Waals surface area contributed by atoms with E-state index < -0.39 is 22.5 Å². The highest BCUT2D eigenvalue weighted by Crippen LogP contribution is 2.23. The van der Waals surface area contributed by atoms with Gasteiger partial charge in [0.1, 0.15) is 11.6 Å². The van der Waals surface area contributed by atoms with Crippen LogP contribution >= 0.6 is 0 Å². The predicted octanol–water partition coefficient (Wildman–Crippen LogP) is 3.00. The summed E-state index contributed by atoms with van der Waals surface area (Å²) in [5.74, 6) is -2.49. The number of aromatic nitrogens is 2. The fourth-order valence-corrected chi connectivity index (χ4v) is 2.06. The minimum absolute atomic E-state index is 0.132. The van der Waals surface area contributed by atoms with Crippen LogP contribution in [0.15, 0.2) is 36.4 Å². The number of amides is 1. The molecule has 9 heteroatoms. The molecule has 116 valence electrons. The SMILES string of the molecule is O=C(Nc1ccc(F)cc1F)c1n[nH]c2ccc([N+](=O)[O-])cc12. The van der Waals surface area contributed by atoms with Gasteiger partial charge >= 0.3 is 0 Å². The molecule has 2 N–H and O–H groups in total. The molecule has 0 aliphatic rings. The largest absolute Gasteiger partial charge is 0.318 e. The van der Waals surface area contributed by atoms with E-state index in [2.05, 4.69) is 15.5 Å². The van der Waals surface area contributed by atoms with Crippen LogP contribution < -0.4 is 5.32 Å². The summed E-state index contributed by atoms with van der Waals surface area (Å²) in [5, 5.41) is 19.6.